The highest BCUT2D eigenvalue weighted by Gasteiger charge is 2.35. The van der Waals surface area contributed by atoms with Gasteiger partial charge in [-0.15, -0.1) is 0 Å². The molecule has 2 amide bonds. The predicted molar refractivity (Wildman–Crippen MR) is 131 cm³/mol. The lowest BCUT2D eigenvalue weighted by atomic mass is 10.0. The smallest absolute Gasteiger partial charge is 0.257 e. The molecule has 2 aromatic rings. The monoisotopic (exact) mass is 465 g/mol. The highest BCUT2D eigenvalue weighted by Crippen LogP contribution is 2.33. The van der Waals surface area contributed by atoms with E-state index in [-0.39, 0.29) is 23.4 Å². The van der Waals surface area contributed by atoms with Crippen LogP contribution in [0.15, 0.2) is 52.2 Å². The molecule has 8 heteroatoms. The van der Waals surface area contributed by atoms with Gasteiger partial charge in [0.15, 0.2) is 0 Å². The first-order valence-corrected chi connectivity index (χ1v) is 11.9. The Balaban J connectivity index is 1.37. The van der Waals surface area contributed by atoms with Crippen LogP contribution >= 0.6 is 0 Å². The van der Waals surface area contributed by atoms with Gasteiger partial charge in [0, 0.05) is 38.1 Å². The van der Waals surface area contributed by atoms with Gasteiger partial charge in [-0.25, -0.2) is 5.01 Å². The predicted octanol–water partition coefficient (Wildman–Crippen LogP) is 2.80. The van der Waals surface area contributed by atoms with Crippen molar-refractivity contribution in [3.63, 3.8) is 0 Å². The molecule has 1 aromatic heterocycles. The number of rotatable bonds is 6. The second kappa shape index (κ2) is 10.1. The summed E-state index contributed by atoms with van der Waals surface area (Å²) >= 11 is 0. The molecule has 0 spiro atoms. The summed E-state index contributed by atoms with van der Waals surface area (Å²) < 4.78 is 5.65. The molecule has 1 atom stereocenters. The van der Waals surface area contributed by atoms with Crippen LogP contribution in [-0.4, -0.2) is 77.1 Å². The van der Waals surface area contributed by atoms with E-state index in [0.29, 0.717) is 19.5 Å². The van der Waals surface area contributed by atoms with Crippen LogP contribution in [0.5, 0.6) is 0 Å². The van der Waals surface area contributed by atoms with E-state index >= 15 is 0 Å². The van der Waals surface area contributed by atoms with Crippen molar-refractivity contribution in [1.29, 1.82) is 0 Å². The standard InChI is InChI=1S/C26H35N5O3/c1-19-7-9-20(10-8-19)21-16-22(23-6-5-15-34-23)31(28-21)25(33)18-30-13-11-29(12-14-30)17-24(32)27-26(2,3)4/h5-10,15,22H,11-14,16-18H2,1-4H3,(H,27,32)/t22-/m1/s1. The van der Waals surface area contributed by atoms with Crippen molar-refractivity contribution in [1.82, 2.24) is 20.1 Å². The number of hydrogen-bond donors (Lipinski definition) is 1. The molecule has 4 rings (SSSR count). The van der Waals surface area contributed by atoms with Gasteiger partial charge < -0.3 is 9.73 Å². The maximum Gasteiger partial charge on any atom is 0.257 e. The Morgan fingerprint density at radius 3 is 2.26 bits per heavy atom. The van der Waals surface area contributed by atoms with Crippen molar-refractivity contribution >= 4 is 17.5 Å². The fraction of sp³-hybridized carbons (Fsp3) is 0.500. The molecule has 2 aliphatic heterocycles. The summed E-state index contributed by atoms with van der Waals surface area (Å²) in [5.41, 5.74) is 2.88. The zero-order valence-electron chi connectivity index (χ0n) is 20.6. The normalized spacial score (nSPS) is 19.8. The van der Waals surface area contributed by atoms with E-state index in [2.05, 4.69) is 46.3 Å². The number of hydrogen-bond acceptors (Lipinski definition) is 6. The van der Waals surface area contributed by atoms with Crippen molar-refractivity contribution in [3.8, 4) is 0 Å². The molecule has 0 aliphatic carbocycles. The maximum atomic E-state index is 13.3. The second-order valence-corrected chi connectivity index (χ2v) is 10.2. The van der Waals surface area contributed by atoms with Crippen LogP contribution in [0.1, 0.15) is 50.1 Å². The van der Waals surface area contributed by atoms with E-state index in [9.17, 15) is 9.59 Å². The fourth-order valence-corrected chi connectivity index (χ4v) is 4.39. The molecule has 2 aliphatic rings. The van der Waals surface area contributed by atoms with Crippen molar-refractivity contribution in [2.45, 2.75) is 45.7 Å². The molecule has 8 nitrogen and oxygen atoms in total. The van der Waals surface area contributed by atoms with Crippen molar-refractivity contribution < 1.29 is 14.0 Å². The Labute approximate surface area is 201 Å². The first-order valence-electron chi connectivity index (χ1n) is 11.9. The number of piperazine rings is 1. The lowest BCUT2D eigenvalue weighted by molar-refractivity contribution is -0.135. The molecular weight excluding hydrogens is 430 g/mol. The lowest BCUT2D eigenvalue weighted by Crippen LogP contribution is -2.53. The topological polar surface area (TPSA) is 81.4 Å². The number of benzene rings is 1. The summed E-state index contributed by atoms with van der Waals surface area (Å²) in [4.78, 5) is 29.8. The SMILES string of the molecule is Cc1ccc(C2=NN(C(=O)CN3CCN(CC(=O)NC(C)(C)C)CC3)[C@@H](c3ccco3)C2)cc1. The van der Waals surface area contributed by atoms with Crippen LogP contribution in [0.4, 0.5) is 0 Å². The van der Waals surface area contributed by atoms with Crippen molar-refractivity contribution in [2.75, 3.05) is 39.3 Å². The third-order valence-corrected chi connectivity index (χ3v) is 6.13. The molecule has 1 N–H and O–H groups in total. The van der Waals surface area contributed by atoms with E-state index in [1.54, 1.807) is 11.3 Å². The minimum atomic E-state index is -0.235. The Hall–Kier alpha value is -2.97. The first kappa shape index (κ1) is 24.2. The molecule has 1 fully saturated rings. The summed E-state index contributed by atoms with van der Waals surface area (Å²) in [6.45, 7) is 11.7. The molecule has 34 heavy (non-hydrogen) atoms. The molecule has 0 radical (unpaired) electrons. The summed E-state index contributed by atoms with van der Waals surface area (Å²) in [6, 6.07) is 11.7. The Bertz CT molecular complexity index is 1020. The molecule has 1 saturated heterocycles. The van der Waals surface area contributed by atoms with Crippen LogP contribution in [0.25, 0.3) is 0 Å². The quantitative estimate of drug-likeness (QED) is 0.710. The Morgan fingerprint density at radius 1 is 1.03 bits per heavy atom. The van der Waals surface area contributed by atoms with Crippen LogP contribution in [-0.2, 0) is 9.59 Å². The maximum absolute atomic E-state index is 13.3. The van der Waals surface area contributed by atoms with E-state index in [0.717, 1.165) is 43.2 Å². The van der Waals surface area contributed by atoms with Crippen LogP contribution < -0.4 is 5.32 Å². The number of carbonyl (C=O) groups is 2. The number of furan rings is 1. The summed E-state index contributed by atoms with van der Waals surface area (Å²) in [7, 11) is 0. The van der Waals surface area contributed by atoms with E-state index in [1.165, 1.54) is 5.56 Å². The van der Waals surface area contributed by atoms with Gasteiger partial charge in [0.25, 0.3) is 5.91 Å². The van der Waals surface area contributed by atoms with Gasteiger partial charge in [0.2, 0.25) is 5.91 Å². The largest absolute Gasteiger partial charge is 0.467 e. The average molecular weight is 466 g/mol. The molecule has 1 aromatic carbocycles. The summed E-state index contributed by atoms with van der Waals surface area (Å²) in [5, 5.41) is 9.33. The van der Waals surface area contributed by atoms with Crippen LogP contribution in [0.2, 0.25) is 0 Å². The van der Waals surface area contributed by atoms with Gasteiger partial charge in [0.1, 0.15) is 11.8 Å². The third-order valence-electron chi connectivity index (χ3n) is 6.13. The number of hydrazone groups is 1. The number of amides is 2. The van der Waals surface area contributed by atoms with Gasteiger partial charge in [-0.05, 0) is 45.4 Å². The Morgan fingerprint density at radius 2 is 1.68 bits per heavy atom. The third kappa shape index (κ3) is 6.12. The van der Waals surface area contributed by atoms with Crippen LogP contribution in [0.3, 0.4) is 0 Å². The molecule has 182 valence electrons. The van der Waals surface area contributed by atoms with E-state index < -0.39 is 0 Å². The summed E-state index contributed by atoms with van der Waals surface area (Å²) in [5.74, 6) is 0.740. The van der Waals surface area contributed by atoms with Gasteiger partial charge in [0.05, 0.1) is 25.1 Å². The number of carbonyl (C=O) groups excluding carboxylic acids is 2. The Kier molecular flexibility index (Phi) is 7.19. The number of aryl methyl sites for hydroxylation is 1. The van der Waals surface area contributed by atoms with E-state index in [4.69, 9.17) is 9.52 Å². The fourth-order valence-electron chi connectivity index (χ4n) is 4.39. The highest BCUT2D eigenvalue weighted by molar-refractivity contribution is 6.03. The second-order valence-electron chi connectivity index (χ2n) is 10.2. The minimum Gasteiger partial charge on any atom is -0.467 e. The average Bonchev–Trinajstić information content (AvgIpc) is 3.44. The zero-order valence-corrected chi connectivity index (χ0v) is 20.6. The van der Waals surface area contributed by atoms with Gasteiger partial charge >= 0.3 is 0 Å². The van der Waals surface area contributed by atoms with Gasteiger partial charge in [-0.2, -0.15) is 5.10 Å². The number of nitrogens with zero attached hydrogens (tertiary/aromatic N) is 4. The number of nitrogens with one attached hydrogen (secondary N) is 1. The minimum absolute atomic E-state index is 0.0355. The molecule has 0 unspecified atom stereocenters. The van der Waals surface area contributed by atoms with E-state index in [1.807, 2.05) is 32.9 Å². The van der Waals surface area contributed by atoms with Crippen molar-refractivity contribution in [3.05, 3.63) is 59.5 Å². The van der Waals surface area contributed by atoms with Gasteiger partial charge in [-0.1, -0.05) is 29.8 Å². The molecule has 0 bridgehead atoms. The molecule has 0 saturated carbocycles. The zero-order chi connectivity index (χ0) is 24.3. The lowest BCUT2D eigenvalue weighted by Gasteiger charge is -2.35. The van der Waals surface area contributed by atoms with Gasteiger partial charge in [-0.3, -0.25) is 19.4 Å². The van der Waals surface area contributed by atoms with Crippen LogP contribution in [0, 0.1) is 6.92 Å². The summed E-state index contributed by atoms with van der Waals surface area (Å²) in [6.07, 6.45) is 2.26. The first-order chi connectivity index (χ1) is 16.2. The van der Waals surface area contributed by atoms with Crippen molar-refractivity contribution in [2.24, 2.45) is 5.10 Å². The highest BCUT2D eigenvalue weighted by atomic mass is 16.3. The molecule has 3 heterocycles. The molecular formula is C26H35N5O3.